The van der Waals surface area contributed by atoms with E-state index >= 15 is 0 Å². The third-order valence-electron chi connectivity index (χ3n) is 13.4. The molecule has 0 aromatic rings. The lowest BCUT2D eigenvalue weighted by Gasteiger charge is -2.50. The molecule has 0 bridgehead atoms. The fraction of sp³-hybridized carbons (Fsp3) is 0.837. The summed E-state index contributed by atoms with van der Waals surface area (Å²) >= 11 is 0. The number of hydrogen-bond acceptors (Lipinski definition) is 18. The predicted octanol–water partition coefficient (Wildman–Crippen LogP) is 3.04. The van der Waals surface area contributed by atoms with Crippen LogP contribution in [0.2, 0.25) is 0 Å². The Morgan fingerprint density at radius 2 is 1.46 bits per heavy atom. The highest BCUT2D eigenvalue weighted by atomic mass is 16.7. The summed E-state index contributed by atoms with van der Waals surface area (Å²) in [6.45, 7) is 10.8. The van der Waals surface area contributed by atoms with Crippen LogP contribution >= 0.6 is 0 Å². The minimum absolute atomic E-state index is 0.00885. The van der Waals surface area contributed by atoms with Gasteiger partial charge < -0.3 is 83.1 Å². The number of methoxy groups -OCH3 is 1. The molecule has 3 saturated heterocycles. The van der Waals surface area contributed by atoms with Gasteiger partial charge in [0.05, 0.1) is 54.7 Å². The summed E-state index contributed by atoms with van der Waals surface area (Å²) in [4.78, 5) is 49.3. The number of cyclic esters (lactones) is 1. The number of aliphatic carboxylic acids is 2. The molecule has 4 aliphatic rings. The third-order valence-corrected chi connectivity index (χ3v) is 13.4. The van der Waals surface area contributed by atoms with Gasteiger partial charge in [0.2, 0.25) is 0 Å². The van der Waals surface area contributed by atoms with Gasteiger partial charge >= 0.3 is 17.9 Å². The Balaban J connectivity index is 0.00000113. The van der Waals surface area contributed by atoms with Crippen molar-refractivity contribution in [2.45, 2.75) is 216 Å². The molecule has 398 valence electrons. The molecule has 20 heteroatoms. The van der Waals surface area contributed by atoms with Crippen LogP contribution in [-0.4, -0.2) is 204 Å². The average molecular weight is 989 g/mol. The molecule has 69 heavy (non-hydrogen) atoms. The van der Waals surface area contributed by atoms with Crippen LogP contribution in [0.25, 0.3) is 0 Å². The minimum atomic E-state index is -1.47. The first-order valence-corrected chi connectivity index (χ1v) is 24.3. The molecule has 4 rings (SSSR count). The highest BCUT2D eigenvalue weighted by molar-refractivity contribution is 5.70. The first kappa shape index (κ1) is 60.3. The minimum Gasteiger partial charge on any atom is -0.481 e. The van der Waals surface area contributed by atoms with Crippen LogP contribution in [-0.2, 0) is 57.1 Å². The maximum atomic E-state index is 13.1. The van der Waals surface area contributed by atoms with E-state index in [1.165, 1.54) is 14.0 Å². The molecule has 0 radical (unpaired) electrons. The normalized spacial score (nSPS) is 39.6. The van der Waals surface area contributed by atoms with Crippen molar-refractivity contribution in [3.05, 3.63) is 24.3 Å². The number of esters is 1. The van der Waals surface area contributed by atoms with Gasteiger partial charge in [-0.3, -0.25) is 14.4 Å². The topological polar surface area (TPSA) is 270 Å². The largest absolute Gasteiger partial charge is 0.481 e. The van der Waals surface area contributed by atoms with Gasteiger partial charge in [-0.2, -0.15) is 0 Å². The lowest BCUT2D eigenvalue weighted by Crippen LogP contribution is -2.65. The van der Waals surface area contributed by atoms with Gasteiger partial charge in [0, 0.05) is 45.3 Å². The molecule has 0 spiro atoms. The molecule has 4 aliphatic heterocycles. The van der Waals surface area contributed by atoms with Crippen LogP contribution in [0.1, 0.15) is 112 Å². The molecular weight excluding hydrogens is 905 g/mol. The smallest absolute Gasteiger partial charge is 0.308 e. The van der Waals surface area contributed by atoms with Crippen LogP contribution in [0, 0.1) is 11.8 Å². The molecule has 0 aliphatic carbocycles. The Bertz CT molecular complexity index is 1610. The first-order chi connectivity index (χ1) is 32.4. The summed E-state index contributed by atoms with van der Waals surface area (Å²) < 4.78 is 50.0. The van der Waals surface area contributed by atoms with Crippen molar-refractivity contribution in [2.24, 2.45) is 11.8 Å². The highest BCUT2D eigenvalue weighted by Crippen LogP contribution is 2.37. The van der Waals surface area contributed by atoms with Crippen LogP contribution in [0.5, 0.6) is 0 Å². The number of unbranched alkanes of at least 4 members (excludes halogenated alkanes) is 1. The summed E-state index contributed by atoms with van der Waals surface area (Å²) in [7, 11) is 9.03. The number of likely N-dealkylation sites (N-methyl/N-ethyl adjacent to an activating group) is 2. The second-order valence-corrected chi connectivity index (χ2v) is 19.8. The van der Waals surface area contributed by atoms with Crippen molar-refractivity contribution >= 4 is 24.2 Å². The number of rotatable bonds is 16. The Kier molecular flexibility index (Phi) is 25.3. The number of hydrogen-bond donors (Lipinski definition) is 6. The number of aliphatic hydroxyl groups is 4. The van der Waals surface area contributed by atoms with E-state index in [0.717, 1.165) is 12.7 Å². The Morgan fingerprint density at radius 3 is 2.01 bits per heavy atom. The van der Waals surface area contributed by atoms with Crippen molar-refractivity contribution in [1.82, 2.24) is 9.80 Å². The number of ether oxygens (including phenoxy) is 8. The summed E-state index contributed by atoms with van der Waals surface area (Å²) in [6.07, 6.45) is -0.546. The second kappa shape index (κ2) is 28.9. The van der Waals surface area contributed by atoms with Crippen LogP contribution < -0.4 is 0 Å². The SMILES string of the molecule is CO[C@@H]1[C@@H](O[C@@H]2O[C@H](C)[C@@H](O[C@H]3C[C@@](C)(O)[C@@H](O)[C@H](C)O3)[C@H](N(C)C)[C@H]2O)[C@@H](CC=O)C[C@@H](C)[C@@H](OC2CC[C@H](N(C)C)[C@@H](C)O2)C=CC=CC[C@@H](C)OC(=O)C[C@H]1O.O=C(O)CCCCC(=O)O. The number of carbonyl (C=O) groups excluding carboxylic acids is 2. The lowest BCUT2D eigenvalue weighted by molar-refractivity contribution is -0.344. The maximum absolute atomic E-state index is 13.1. The number of nitrogens with zero attached hydrogens (tertiary/aromatic N) is 2. The van der Waals surface area contributed by atoms with E-state index in [0.29, 0.717) is 32.1 Å². The standard InChI is InChI=1S/C43H74N2O14.C6H10O4/c1-24-21-29(19-20-46)39(59-42-37(49)36(45(9)10)38(27(4)56-42)58-35-23-43(6,51)41(50)28(5)55-35)40(52-11)31(47)22-33(48)53-25(2)15-13-12-14-16-32(24)57-34-18-17-30(44(7)8)26(3)54-34;7-5(8)3-1-2-4-6(9)10/h12-14,16,20,24-32,34-42,47,49-51H,15,17-19,21-23H2,1-11H3;1-4H2,(H,7,8)(H,9,10)/t24-,25-,26-,27-,28+,29+,30+,31-,32+,34?,35+,36-,37-,38-,39+,40+,41+,42+,43-;/m1./s1. The molecule has 0 aromatic carbocycles. The Labute approximate surface area is 408 Å². The number of carboxylic acids is 2. The quantitative estimate of drug-likeness (QED) is 0.0737. The summed E-state index contributed by atoms with van der Waals surface area (Å²) in [5, 5.41) is 61.3. The lowest BCUT2D eigenvalue weighted by atomic mass is 9.82. The molecule has 3 fully saturated rings. The number of carboxylic acid groups (broad SMARTS) is 2. The van der Waals surface area contributed by atoms with E-state index < -0.39 is 122 Å². The molecule has 0 amide bonds. The zero-order valence-electron chi connectivity index (χ0n) is 42.5. The van der Waals surface area contributed by atoms with Gasteiger partial charge in [-0.05, 0) is 107 Å². The number of allylic oxidation sites excluding steroid dienone is 2. The van der Waals surface area contributed by atoms with Crippen molar-refractivity contribution in [3.8, 4) is 0 Å². The summed E-state index contributed by atoms with van der Waals surface area (Å²) in [5.41, 5.74) is -1.47. The Morgan fingerprint density at radius 1 is 0.826 bits per heavy atom. The third kappa shape index (κ3) is 18.9. The van der Waals surface area contributed by atoms with Crippen LogP contribution in [0.3, 0.4) is 0 Å². The van der Waals surface area contributed by atoms with E-state index in [4.69, 9.17) is 48.1 Å². The predicted molar refractivity (Wildman–Crippen MR) is 251 cm³/mol. The molecular formula is C49H84N2O18. The number of carbonyl (C=O) groups is 4. The van der Waals surface area contributed by atoms with Gasteiger partial charge in [0.15, 0.2) is 18.9 Å². The molecule has 20 nitrogen and oxygen atoms in total. The molecule has 0 aromatic heterocycles. The van der Waals surface area contributed by atoms with E-state index in [2.05, 4.69) is 4.90 Å². The van der Waals surface area contributed by atoms with Gasteiger partial charge in [0.25, 0.3) is 0 Å². The van der Waals surface area contributed by atoms with Crippen molar-refractivity contribution in [1.29, 1.82) is 0 Å². The molecule has 0 saturated carbocycles. The highest BCUT2D eigenvalue weighted by Gasteiger charge is 2.52. The van der Waals surface area contributed by atoms with Crippen molar-refractivity contribution in [2.75, 3.05) is 35.3 Å². The first-order valence-electron chi connectivity index (χ1n) is 24.3. The van der Waals surface area contributed by atoms with E-state index in [1.54, 1.807) is 39.8 Å². The van der Waals surface area contributed by atoms with Crippen LogP contribution in [0.4, 0.5) is 0 Å². The average Bonchev–Trinajstić information content (AvgIpc) is 3.24. The zero-order valence-corrected chi connectivity index (χ0v) is 42.5. The fourth-order valence-corrected chi connectivity index (χ4v) is 9.65. The van der Waals surface area contributed by atoms with Gasteiger partial charge in [-0.15, -0.1) is 0 Å². The van der Waals surface area contributed by atoms with Gasteiger partial charge in [-0.1, -0.05) is 31.2 Å². The summed E-state index contributed by atoms with van der Waals surface area (Å²) in [6, 6.07) is -0.466. The Hall–Kier alpha value is -2.96. The van der Waals surface area contributed by atoms with E-state index in [1.807, 2.05) is 52.2 Å². The van der Waals surface area contributed by atoms with E-state index in [9.17, 15) is 39.6 Å². The van der Waals surface area contributed by atoms with E-state index in [-0.39, 0.29) is 43.7 Å². The monoisotopic (exact) mass is 989 g/mol. The molecule has 4 heterocycles. The maximum Gasteiger partial charge on any atom is 0.308 e. The van der Waals surface area contributed by atoms with Crippen molar-refractivity contribution in [3.63, 3.8) is 0 Å². The number of aliphatic hydroxyl groups excluding tert-OH is 3. The second-order valence-electron chi connectivity index (χ2n) is 19.8. The fourth-order valence-electron chi connectivity index (χ4n) is 9.65. The molecule has 19 atom stereocenters. The molecule has 6 N–H and O–H groups in total. The van der Waals surface area contributed by atoms with Crippen LogP contribution in [0.15, 0.2) is 24.3 Å². The van der Waals surface area contributed by atoms with Crippen molar-refractivity contribution < 1.29 is 87.7 Å². The van der Waals surface area contributed by atoms with Gasteiger partial charge in [0.1, 0.15) is 36.8 Å². The number of aldehydes is 1. The van der Waals surface area contributed by atoms with Gasteiger partial charge in [-0.25, -0.2) is 0 Å². The molecule has 1 unspecified atom stereocenters. The summed E-state index contributed by atoms with van der Waals surface area (Å²) in [5.74, 6) is -3.21. The zero-order chi connectivity index (χ0) is 51.7.